The number of hydrogen-bond acceptors (Lipinski definition) is 2. The maximum Gasteiger partial charge on any atom is 0.0299 e. The summed E-state index contributed by atoms with van der Waals surface area (Å²) < 4.78 is 0. The first-order valence-electron chi connectivity index (χ1n) is 4.40. The molecule has 1 nitrogen and oxygen atoms in total. The standard InChI is InChI=1S/C10H13NS/c1-3-9(5-7-11-6-1)10-4-2-8-12-10/h2-4,8,11H,1,5-7H2. The Morgan fingerprint density at radius 1 is 1.33 bits per heavy atom. The van der Waals surface area contributed by atoms with Gasteiger partial charge in [-0.3, -0.25) is 0 Å². The molecule has 0 amide bonds. The van der Waals surface area contributed by atoms with E-state index in [9.17, 15) is 0 Å². The largest absolute Gasteiger partial charge is 0.316 e. The lowest BCUT2D eigenvalue weighted by Crippen LogP contribution is -2.13. The third-order valence-electron chi connectivity index (χ3n) is 2.12. The van der Waals surface area contributed by atoms with Gasteiger partial charge in [0.05, 0.1) is 0 Å². The lowest BCUT2D eigenvalue weighted by Gasteiger charge is -2.00. The van der Waals surface area contributed by atoms with Gasteiger partial charge in [0.2, 0.25) is 0 Å². The van der Waals surface area contributed by atoms with Crippen LogP contribution >= 0.6 is 11.3 Å². The smallest absolute Gasteiger partial charge is 0.0299 e. The van der Waals surface area contributed by atoms with Crippen molar-refractivity contribution in [1.29, 1.82) is 0 Å². The molecule has 64 valence electrons. The normalized spacial score (nSPS) is 18.5. The number of hydrogen-bond donors (Lipinski definition) is 1. The topological polar surface area (TPSA) is 12.0 Å². The summed E-state index contributed by atoms with van der Waals surface area (Å²) in [7, 11) is 0. The summed E-state index contributed by atoms with van der Waals surface area (Å²) in [6.45, 7) is 2.26. The fourth-order valence-corrected chi connectivity index (χ4v) is 2.28. The van der Waals surface area contributed by atoms with Crippen molar-refractivity contribution in [1.82, 2.24) is 5.32 Å². The molecule has 0 saturated carbocycles. The Labute approximate surface area is 77.1 Å². The first-order chi connectivity index (χ1) is 5.97. The predicted molar refractivity (Wildman–Crippen MR) is 54.4 cm³/mol. The highest BCUT2D eigenvalue weighted by atomic mass is 32.1. The summed E-state index contributed by atoms with van der Waals surface area (Å²) in [4.78, 5) is 1.44. The van der Waals surface area contributed by atoms with Crippen molar-refractivity contribution in [2.75, 3.05) is 13.1 Å². The highest BCUT2D eigenvalue weighted by Crippen LogP contribution is 2.24. The van der Waals surface area contributed by atoms with E-state index in [4.69, 9.17) is 0 Å². The highest BCUT2D eigenvalue weighted by molar-refractivity contribution is 7.11. The number of thiophene rings is 1. The molecule has 1 aromatic heterocycles. The van der Waals surface area contributed by atoms with Crippen LogP contribution in [-0.4, -0.2) is 13.1 Å². The van der Waals surface area contributed by atoms with E-state index in [0.29, 0.717) is 0 Å². The fourth-order valence-electron chi connectivity index (χ4n) is 1.48. The number of rotatable bonds is 1. The van der Waals surface area contributed by atoms with E-state index in [2.05, 4.69) is 28.9 Å². The van der Waals surface area contributed by atoms with Crippen LogP contribution in [0.2, 0.25) is 0 Å². The van der Waals surface area contributed by atoms with E-state index >= 15 is 0 Å². The zero-order valence-corrected chi connectivity index (χ0v) is 7.86. The minimum atomic E-state index is 1.13. The van der Waals surface area contributed by atoms with Crippen LogP contribution in [-0.2, 0) is 0 Å². The third kappa shape index (κ3) is 1.76. The second-order valence-corrected chi connectivity index (χ2v) is 3.94. The van der Waals surface area contributed by atoms with Crippen LogP contribution in [0.5, 0.6) is 0 Å². The van der Waals surface area contributed by atoms with E-state index in [1.807, 2.05) is 11.3 Å². The van der Waals surface area contributed by atoms with Gasteiger partial charge < -0.3 is 5.32 Å². The molecule has 2 heterocycles. The van der Waals surface area contributed by atoms with Crippen molar-refractivity contribution in [3.63, 3.8) is 0 Å². The van der Waals surface area contributed by atoms with Gasteiger partial charge in [-0.25, -0.2) is 0 Å². The van der Waals surface area contributed by atoms with Crippen LogP contribution in [0.4, 0.5) is 0 Å². The zero-order valence-electron chi connectivity index (χ0n) is 7.05. The van der Waals surface area contributed by atoms with Gasteiger partial charge in [-0.15, -0.1) is 11.3 Å². The van der Waals surface area contributed by atoms with Gasteiger partial charge in [0.15, 0.2) is 0 Å². The summed E-state index contributed by atoms with van der Waals surface area (Å²) in [5, 5.41) is 5.54. The molecule has 0 atom stereocenters. The van der Waals surface area contributed by atoms with Crippen molar-refractivity contribution >= 4 is 16.9 Å². The van der Waals surface area contributed by atoms with Crippen molar-refractivity contribution in [3.8, 4) is 0 Å². The van der Waals surface area contributed by atoms with Gasteiger partial charge in [0, 0.05) is 4.88 Å². The molecule has 12 heavy (non-hydrogen) atoms. The van der Waals surface area contributed by atoms with Crippen molar-refractivity contribution in [2.24, 2.45) is 0 Å². The molecule has 0 aromatic carbocycles. The summed E-state index contributed by atoms with van der Waals surface area (Å²) in [5.74, 6) is 0. The fraction of sp³-hybridized carbons (Fsp3) is 0.400. The van der Waals surface area contributed by atoms with Gasteiger partial charge in [0.1, 0.15) is 0 Å². The molecular formula is C10H13NS. The van der Waals surface area contributed by atoms with Crippen LogP contribution in [0.25, 0.3) is 5.57 Å². The monoisotopic (exact) mass is 179 g/mol. The SMILES string of the molecule is C1=C(c2cccs2)CCNCC1. The zero-order chi connectivity index (χ0) is 8.23. The van der Waals surface area contributed by atoms with Crippen molar-refractivity contribution < 1.29 is 0 Å². The Bertz CT molecular complexity index is 261. The Kier molecular flexibility index (Phi) is 2.59. The van der Waals surface area contributed by atoms with Crippen LogP contribution in [0, 0.1) is 0 Å². The van der Waals surface area contributed by atoms with E-state index in [1.54, 1.807) is 0 Å². The lowest BCUT2D eigenvalue weighted by molar-refractivity contribution is 0.718. The second-order valence-electron chi connectivity index (χ2n) is 3.00. The van der Waals surface area contributed by atoms with Crippen molar-refractivity contribution in [2.45, 2.75) is 12.8 Å². The maximum atomic E-state index is 3.39. The van der Waals surface area contributed by atoms with Gasteiger partial charge in [0.25, 0.3) is 0 Å². The average molecular weight is 179 g/mol. The predicted octanol–water partition coefficient (Wildman–Crippen LogP) is 2.51. The molecule has 1 aliphatic heterocycles. The van der Waals surface area contributed by atoms with E-state index < -0.39 is 0 Å². The summed E-state index contributed by atoms with van der Waals surface area (Å²) in [6.07, 6.45) is 4.72. The van der Waals surface area contributed by atoms with Gasteiger partial charge >= 0.3 is 0 Å². The molecular weight excluding hydrogens is 166 g/mol. The molecule has 0 unspecified atom stereocenters. The summed E-state index contributed by atoms with van der Waals surface area (Å²) in [5.41, 5.74) is 1.52. The van der Waals surface area contributed by atoms with Crippen LogP contribution in [0.1, 0.15) is 17.7 Å². The Hall–Kier alpha value is -0.600. The second kappa shape index (κ2) is 3.87. The molecule has 0 aliphatic carbocycles. The Morgan fingerprint density at radius 2 is 2.33 bits per heavy atom. The van der Waals surface area contributed by atoms with E-state index in [1.165, 1.54) is 23.3 Å². The third-order valence-corrected chi connectivity index (χ3v) is 3.07. The minimum absolute atomic E-state index is 1.13. The summed E-state index contributed by atoms with van der Waals surface area (Å²) >= 11 is 1.84. The average Bonchev–Trinajstić information content (AvgIpc) is 2.48. The lowest BCUT2D eigenvalue weighted by atomic mass is 10.1. The molecule has 1 aliphatic rings. The van der Waals surface area contributed by atoms with E-state index in [-0.39, 0.29) is 0 Å². The minimum Gasteiger partial charge on any atom is -0.316 e. The van der Waals surface area contributed by atoms with Crippen LogP contribution < -0.4 is 5.32 Å². The molecule has 1 N–H and O–H groups in total. The van der Waals surface area contributed by atoms with Gasteiger partial charge in [-0.05, 0) is 43.0 Å². The molecule has 0 saturated heterocycles. The quantitative estimate of drug-likeness (QED) is 0.698. The van der Waals surface area contributed by atoms with Crippen LogP contribution in [0.3, 0.4) is 0 Å². The molecule has 0 radical (unpaired) electrons. The molecule has 2 rings (SSSR count). The molecule has 0 spiro atoms. The molecule has 2 heteroatoms. The first-order valence-corrected chi connectivity index (χ1v) is 5.28. The van der Waals surface area contributed by atoms with Gasteiger partial charge in [-0.2, -0.15) is 0 Å². The summed E-state index contributed by atoms with van der Waals surface area (Å²) in [6, 6.07) is 4.33. The Morgan fingerprint density at radius 3 is 3.17 bits per heavy atom. The number of nitrogens with one attached hydrogen (secondary N) is 1. The molecule has 0 fully saturated rings. The highest BCUT2D eigenvalue weighted by Gasteiger charge is 2.04. The first kappa shape index (κ1) is 8.02. The van der Waals surface area contributed by atoms with Crippen molar-refractivity contribution in [3.05, 3.63) is 28.5 Å². The Balaban J connectivity index is 2.16. The molecule has 0 bridgehead atoms. The van der Waals surface area contributed by atoms with Crippen LogP contribution in [0.15, 0.2) is 23.6 Å². The van der Waals surface area contributed by atoms with Gasteiger partial charge in [-0.1, -0.05) is 12.1 Å². The maximum absolute atomic E-state index is 3.39. The van der Waals surface area contributed by atoms with E-state index in [0.717, 1.165) is 13.1 Å². The molecule has 1 aromatic rings.